The monoisotopic (exact) mass is 430 g/mol. The molecule has 0 heterocycles. The SMILES string of the molecule is Cc1ccc(P(Cl)(c2ccc(C)cc2)(c2ccc(C)cc2)c2ccc(C)cc2)cc1. The number of halogens is 1. The minimum atomic E-state index is -3.44. The van der Waals surface area contributed by atoms with E-state index in [2.05, 4.69) is 125 Å². The van der Waals surface area contributed by atoms with E-state index in [9.17, 15) is 0 Å². The van der Waals surface area contributed by atoms with Crippen molar-refractivity contribution in [2.24, 2.45) is 0 Å². The zero-order chi connectivity index (χ0) is 21.4. The maximum absolute atomic E-state index is 8.24. The summed E-state index contributed by atoms with van der Waals surface area (Å²) in [5, 5.41) is 4.68. The third-order valence-electron chi connectivity index (χ3n) is 6.08. The van der Waals surface area contributed by atoms with Gasteiger partial charge in [0.2, 0.25) is 0 Å². The summed E-state index contributed by atoms with van der Waals surface area (Å²) in [5.41, 5.74) is 4.93. The molecule has 0 unspecified atom stereocenters. The predicted molar refractivity (Wildman–Crippen MR) is 136 cm³/mol. The van der Waals surface area contributed by atoms with Gasteiger partial charge in [-0.05, 0) is 0 Å². The maximum atomic E-state index is 8.24. The number of hydrogen-bond acceptors (Lipinski definition) is 0. The Balaban J connectivity index is 2.20. The first-order valence-electron chi connectivity index (χ1n) is 10.3. The molecule has 0 N–H and O–H groups in total. The molecule has 0 amide bonds. The van der Waals surface area contributed by atoms with Crippen LogP contribution in [-0.2, 0) is 0 Å². The van der Waals surface area contributed by atoms with E-state index < -0.39 is 5.96 Å². The summed E-state index contributed by atoms with van der Waals surface area (Å²) in [6.07, 6.45) is 0. The number of rotatable bonds is 4. The number of hydrogen-bond donors (Lipinski definition) is 0. The average Bonchev–Trinajstić information content (AvgIpc) is 2.75. The fraction of sp³-hybridized carbons (Fsp3) is 0.143. The van der Waals surface area contributed by atoms with Crippen LogP contribution in [-0.4, -0.2) is 0 Å². The van der Waals surface area contributed by atoms with Gasteiger partial charge in [0.25, 0.3) is 0 Å². The molecule has 0 aliphatic rings. The molecule has 4 aromatic rings. The molecule has 0 bridgehead atoms. The molecule has 0 spiro atoms. The summed E-state index contributed by atoms with van der Waals surface area (Å²) in [7, 11) is 0. The van der Waals surface area contributed by atoms with Gasteiger partial charge in [0.1, 0.15) is 0 Å². The first-order valence-corrected chi connectivity index (χ1v) is 13.5. The van der Waals surface area contributed by atoms with Crippen LogP contribution in [0.2, 0.25) is 0 Å². The van der Waals surface area contributed by atoms with Gasteiger partial charge >= 0.3 is 185 Å². The van der Waals surface area contributed by atoms with Gasteiger partial charge in [0.05, 0.1) is 0 Å². The van der Waals surface area contributed by atoms with Crippen molar-refractivity contribution in [2.75, 3.05) is 0 Å². The summed E-state index contributed by atoms with van der Waals surface area (Å²) < 4.78 is 0. The molecule has 0 atom stereocenters. The van der Waals surface area contributed by atoms with Crippen LogP contribution in [0.5, 0.6) is 0 Å². The quantitative estimate of drug-likeness (QED) is 0.337. The fourth-order valence-electron chi connectivity index (χ4n) is 4.19. The second kappa shape index (κ2) is 7.69. The molecule has 0 radical (unpaired) electrons. The van der Waals surface area contributed by atoms with E-state index in [1.807, 2.05) is 0 Å². The first kappa shape index (κ1) is 20.9. The summed E-state index contributed by atoms with van der Waals surface area (Å²) >= 11 is 8.24. The van der Waals surface area contributed by atoms with Crippen molar-refractivity contribution in [3.8, 4) is 0 Å². The molecule has 0 nitrogen and oxygen atoms in total. The van der Waals surface area contributed by atoms with Gasteiger partial charge < -0.3 is 0 Å². The van der Waals surface area contributed by atoms with E-state index in [0.717, 1.165) is 0 Å². The van der Waals surface area contributed by atoms with Crippen molar-refractivity contribution in [1.29, 1.82) is 0 Å². The number of aryl methyl sites for hydroxylation is 4. The van der Waals surface area contributed by atoms with Crippen molar-refractivity contribution in [3.63, 3.8) is 0 Å². The standard InChI is InChI=1S/C28H28ClP/c1-21-5-13-25(14-6-21)30(29,26-15-7-22(2)8-16-26,27-17-9-23(3)10-18-27)28-19-11-24(4)12-20-28/h5-20H,1-4H3. The van der Waals surface area contributed by atoms with Crippen LogP contribution in [0.1, 0.15) is 22.3 Å². The molecule has 152 valence electrons. The van der Waals surface area contributed by atoms with Crippen molar-refractivity contribution >= 4 is 38.4 Å². The molecule has 0 saturated heterocycles. The Hall–Kier alpha value is -2.40. The minimum absolute atomic E-state index is 1.17. The Kier molecular flexibility index (Phi) is 5.35. The molecule has 0 aliphatic heterocycles. The summed E-state index contributed by atoms with van der Waals surface area (Å²) in [5.74, 6) is -3.44. The molecule has 0 fully saturated rings. The normalized spacial score (nSPS) is 12.9. The zero-order valence-corrected chi connectivity index (χ0v) is 19.7. The molecule has 0 aliphatic carbocycles. The van der Waals surface area contributed by atoms with E-state index in [-0.39, 0.29) is 0 Å². The molecule has 30 heavy (non-hydrogen) atoms. The first-order chi connectivity index (χ1) is 14.3. The molecule has 0 saturated carbocycles. The third-order valence-corrected chi connectivity index (χ3v) is 13.5. The fourth-order valence-corrected chi connectivity index (χ4v) is 10.2. The van der Waals surface area contributed by atoms with Crippen LogP contribution in [0.25, 0.3) is 0 Å². The molecular weight excluding hydrogens is 403 g/mol. The Morgan fingerprint density at radius 2 is 0.533 bits per heavy atom. The molecule has 0 aromatic heterocycles. The van der Waals surface area contributed by atoms with Gasteiger partial charge in [-0.15, -0.1) is 0 Å². The van der Waals surface area contributed by atoms with Crippen molar-refractivity contribution < 1.29 is 0 Å². The van der Waals surface area contributed by atoms with Crippen LogP contribution in [0.15, 0.2) is 97.1 Å². The molecule has 4 rings (SSSR count). The van der Waals surface area contributed by atoms with Gasteiger partial charge in [-0.25, -0.2) is 0 Å². The second-order valence-corrected chi connectivity index (χ2v) is 14.5. The zero-order valence-electron chi connectivity index (χ0n) is 18.1. The predicted octanol–water partition coefficient (Wildman–Crippen LogP) is 6.23. The second-order valence-electron chi connectivity index (χ2n) is 8.35. The summed E-state index contributed by atoms with van der Waals surface area (Å²) in [6.45, 7) is 8.49. The third kappa shape index (κ3) is 3.20. The van der Waals surface area contributed by atoms with Gasteiger partial charge in [-0.3, -0.25) is 0 Å². The number of benzene rings is 4. The van der Waals surface area contributed by atoms with Gasteiger partial charge in [0.15, 0.2) is 0 Å². The van der Waals surface area contributed by atoms with E-state index in [1.165, 1.54) is 43.5 Å². The molecule has 2 heteroatoms. The van der Waals surface area contributed by atoms with Gasteiger partial charge in [-0.2, -0.15) is 0 Å². The Morgan fingerprint density at radius 3 is 0.700 bits per heavy atom. The van der Waals surface area contributed by atoms with E-state index in [4.69, 9.17) is 11.2 Å². The van der Waals surface area contributed by atoms with Crippen LogP contribution < -0.4 is 21.2 Å². The van der Waals surface area contributed by atoms with Crippen molar-refractivity contribution in [2.45, 2.75) is 27.7 Å². The van der Waals surface area contributed by atoms with Crippen LogP contribution >= 0.6 is 17.2 Å². The topological polar surface area (TPSA) is 0 Å². The Labute approximate surface area is 185 Å². The van der Waals surface area contributed by atoms with Crippen molar-refractivity contribution in [3.05, 3.63) is 119 Å². The summed E-state index contributed by atoms with van der Waals surface area (Å²) in [4.78, 5) is 0. The van der Waals surface area contributed by atoms with Crippen LogP contribution in [0.3, 0.4) is 0 Å². The van der Waals surface area contributed by atoms with Gasteiger partial charge in [0, 0.05) is 0 Å². The van der Waals surface area contributed by atoms with E-state index in [1.54, 1.807) is 0 Å². The summed E-state index contributed by atoms with van der Waals surface area (Å²) in [6, 6.07) is 35.2. The van der Waals surface area contributed by atoms with Crippen LogP contribution in [0.4, 0.5) is 0 Å². The average molecular weight is 431 g/mol. The Morgan fingerprint density at radius 1 is 0.367 bits per heavy atom. The van der Waals surface area contributed by atoms with Gasteiger partial charge in [-0.1, -0.05) is 0 Å². The van der Waals surface area contributed by atoms with E-state index in [0.29, 0.717) is 0 Å². The van der Waals surface area contributed by atoms with Crippen molar-refractivity contribution in [1.82, 2.24) is 0 Å². The van der Waals surface area contributed by atoms with E-state index >= 15 is 0 Å². The molecule has 4 aromatic carbocycles. The molecular formula is C28H28ClP. The Bertz CT molecular complexity index is 962. The van der Waals surface area contributed by atoms with Crippen LogP contribution in [0, 0.1) is 27.7 Å².